The smallest absolute Gasteiger partial charge is 0.321 e. The van der Waals surface area contributed by atoms with E-state index in [1.807, 2.05) is 54.3 Å². The molecule has 2 amide bonds. The first kappa shape index (κ1) is 16.7. The molecule has 24 heavy (non-hydrogen) atoms. The molecule has 128 valence electrons. The molecule has 2 aromatic rings. The Bertz CT molecular complexity index is 691. The van der Waals surface area contributed by atoms with Gasteiger partial charge in [-0.15, -0.1) is 0 Å². The number of carbonyl (C=O) groups excluding carboxylic acids is 1. The minimum Gasteiger partial charge on any atom is -0.392 e. The minimum atomic E-state index is -0.277. The Hall–Kier alpha value is -2.11. The molecule has 1 heterocycles. The Morgan fingerprint density at radius 2 is 1.83 bits per heavy atom. The van der Waals surface area contributed by atoms with Crippen LogP contribution in [0.1, 0.15) is 13.3 Å². The van der Waals surface area contributed by atoms with Crippen LogP contribution in [-0.2, 0) is 0 Å². The van der Waals surface area contributed by atoms with Gasteiger partial charge in [-0.3, -0.25) is 4.90 Å². The maximum atomic E-state index is 12.5. The number of urea groups is 1. The maximum Gasteiger partial charge on any atom is 0.321 e. The van der Waals surface area contributed by atoms with Gasteiger partial charge in [0.25, 0.3) is 0 Å². The summed E-state index contributed by atoms with van der Waals surface area (Å²) in [5.74, 6) is 0. The molecule has 0 unspecified atom stereocenters. The summed E-state index contributed by atoms with van der Waals surface area (Å²) in [6, 6.07) is 13.9. The van der Waals surface area contributed by atoms with Crippen LogP contribution in [0.25, 0.3) is 10.8 Å². The predicted molar refractivity (Wildman–Crippen MR) is 97.3 cm³/mol. The second-order valence-corrected chi connectivity index (χ2v) is 6.31. The maximum absolute atomic E-state index is 12.5. The van der Waals surface area contributed by atoms with Gasteiger partial charge < -0.3 is 15.3 Å². The number of amides is 2. The molecule has 1 atom stereocenters. The fourth-order valence-electron chi connectivity index (χ4n) is 3.09. The van der Waals surface area contributed by atoms with Crippen molar-refractivity contribution in [3.63, 3.8) is 0 Å². The molecule has 0 spiro atoms. The van der Waals surface area contributed by atoms with Crippen molar-refractivity contribution in [3.8, 4) is 0 Å². The zero-order valence-corrected chi connectivity index (χ0v) is 14.1. The van der Waals surface area contributed by atoms with Gasteiger partial charge in [0.1, 0.15) is 0 Å². The van der Waals surface area contributed by atoms with Crippen molar-refractivity contribution >= 4 is 22.5 Å². The summed E-state index contributed by atoms with van der Waals surface area (Å²) < 4.78 is 0. The molecule has 5 heteroatoms. The molecule has 1 fully saturated rings. The lowest BCUT2D eigenvalue weighted by Crippen LogP contribution is -2.51. The Balaban J connectivity index is 1.60. The van der Waals surface area contributed by atoms with E-state index in [0.29, 0.717) is 19.6 Å². The van der Waals surface area contributed by atoms with Crippen molar-refractivity contribution in [1.82, 2.24) is 9.80 Å². The lowest BCUT2D eigenvalue weighted by molar-refractivity contribution is 0.0812. The lowest BCUT2D eigenvalue weighted by atomic mass is 10.1. The molecule has 2 N–H and O–H groups in total. The summed E-state index contributed by atoms with van der Waals surface area (Å²) in [6.07, 6.45) is 0.489. The minimum absolute atomic E-state index is 0.0537. The third kappa shape index (κ3) is 3.86. The Labute approximate surface area is 142 Å². The first-order valence-corrected chi connectivity index (χ1v) is 8.61. The molecule has 0 saturated carbocycles. The molecule has 1 saturated heterocycles. The van der Waals surface area contributed by atoms with Gasteiger partial charge in [0.15, 0.2) is 0 Å². The first-order chi connectivity index (χ1) is 11.7. The van der Waals surface area contributed by atoms with Gasteiger partial charge >= 0.3 is 6.03 Å². The zero-order chi connectivity index (χ0) is 16.9. The van der Waals surface area contributed by atoms with E-state index in [2.05, 4.69) is 10.2 Å². The Kier molecular flexibility index (Phi) is 5.33. The molecular formula is C19H25N3O2. The van der Waals surface area contributed by atoms with Gasteiger partial charge in [-0.1, -0.05) is 43.3 Å². The molecule has 0 radical (unpaired) electrons. The molecule has 3 rings (SSSR count). The lowest BCUT2D eigenvalue weighted by Gasteiger charge is -2.35. The summed E-state index contributed by atoms with van der Waals surface area (Å²) in [5, 5.41) is 15.0. The van der Waals surface area contributed by atoms with Crippen LogP contribution >= 0.6 is 0 Å². The van der Waals surface area contributed by atoms with E-state index >= 15 is 0 Å². The monoisotopic (exact) mass is 327 g/mol. The topological polar surface area (TPSA) is 55.8 Å². The highest BCUT2D eigenvalue weighted by molar-refractivity contribution is 6.01. The van der Waals surface area contributed by atoms with Gasteiger partial charge in [0.05, 0.1) is 11.8 Å². The number of nitrogens with one attached hydrogen (secondary N) is 1. The van der Waals surface area contributed by atoms with E-state index in [9.17, 15) is 9.90 Å². The number of anilines is 1. The zero-order valence-electron chi connectivity index (χ0n) is 14.1. The number of hydrogen-bond acceptors (Lipinski definition) is 3. The number of rotatable bonds is 4. The average molecular weight is 327 g/mol. The molecule has 1 aliphatic heterocycles. The largest absolute Gasteiger partial charge is 0.392 e. The van der Waals surface area contributed by atoms with Gasteiger partial charge in [-0.25, -0.2) is 4.79 Å². The van der Waals surface area contributed by atoms with E-state index in [-0.39, 0.29) is 12.1 Å². The molecule has 0 aliphatic carbocycles. The number of β-amino-alcohol motifs (C(OH)–C–C–N with tert-alkyl or cyclic N) is 1. The van der Waals surface area contributed by atoms with Crippen LogP contribution in [0.15, 0.2) is 42.5 Å². The van der Waals surface area contributed by atoms with Crippen molar-refractivity contribution < 1.29 is 9.90 Å². The highest BCUT2D eigenvalue weighted by Crippen LogP contribution is 2.23. The van der Waals surface area contributed by atoms with E-state index in [1.54, 1.807) is 0 Å². The van der Waals surface area contributed by atoms with Crippen LogP contribution in [0.2, 0.25) is 0 Å². The molecule has 2 aromatic carbocycles. The second-order valence-electron chi connectivity index (χ2n) is 6.31. The SMILES string of the molecule is CC[C@H](O)CN1CCN(C(=O)Nc2cccc3ccccc23)CC1. The quantitative estimate of drug-likeness (QED) is 0.908. The Morgan fingerprint density at radius 1 is 1.12 bits per heavy atom. The van der Waals surface area contributed by atoms with Crippen molar-refractivity contribution in [2.24, 2.45) is 0 Å². The normalized spacial score (nSPS) is 17.0. The molecule has 0 aromatic heterocycles. The summed E-state index contributed by atoms with van der Waals surface area (Å²) >= 11 is 0. The first-order valence-electron chi connectivity index (χ1n) is 8.61. The fraction of sp³-hybridized carbons (Fsp3) is 0.421. The number of fused-ring (bicyclic) bond motifs is 1. The number of hydrogen-bond donors (Lipinski definition) is 2. The third-order valence-electron chi connectivity index (χ3n) is 4.63. The summed E-state index contributed by atoms with van der Waals surface area (Å²) in [6.45, 7) is 5.66. The second kappa shape index (κ2) is 7.64. The van der Waals surface area contributed by atoms with Crippen molar-refractivity contribution in [3.05, 3.63) is 42.5 Å². The highest BCUT2D eigenvalue weighted by atomic mass is 16.3. The third-order valence-corrected chi connectivity index (χ3v) is 4.63. The van der Waals surface area contributed by atoms with Gasteiger partial charge in [0, 0.05) is 38.1 Å². The van der Waals surface area contributed by atoms with E-state index < -0.39 is 0 Å². The standard InChI is InChI=1S/C19H25N3O2/c1-2-16(23)14-21-10-12-22(13-11-21)19(24)20-18-9-5-7-15-6-3-4-8-17(15)18/h3-9,16,23H,2,10-14H2,1H3,(H,20,24)/t16-/m0/s1. The van der Waals surface area contributed by atoms with Crippen LogP contribution in [0, 0.1) is 0 Å². The van der Waals surface area contributed by atoms with Crippen LogP contribution in [0.3, 0.4) is 0 Å². The van der Waals surface area contributed by atoms with Crippen LogP contribution < -0.4 is 5.32 Å². The van der Waals surface area contributed by atoms with Gasteiger partial charge in [-0.05, 0) is 17.9 Å². The van der Waals surface area contributed by atoms with Crippen molar-refractivity contribution in [2.75, 3.05) is 38.0 Å². The van der Waals surface area contributed by atoms with Crippen LogP contribution in [0.4, 0.5) is 10.5 Å². The molecule has 5 nitrogen and oxygen atoms in total. The average Bonchev–Trinajstić information content (AvgIpc) is 2.62. The molecule has 1 aliphatic rings. The van der Waals surface area contributed by atoms with Gasteiger partial charge in [0.2, 0.25) is 0 Å². The molecular weight excluding hydrogens is 302 g/mol. The number of aliphatic hydroxyl groups excluding tert-OH is 1. The summed E-state index contributed by atoms with van der Waals surface area (Å²) in [4.78, 5) is 16.6. The summed E-state index contributed by atoms with van der Waals surface area (Å²) in [7, 11) is 0. The van der Waals surface area contributed by atoms with E-state index in [4.69, 9.17) is 0 Å². The predicted octanol–water partition coefficient (Wildman–Crippen LogP) is 2.76. The van der Waals surface area contributed by atoms with Crippen molar-refractivity contribution in [2.45, 2.75) is 19.4 Å². The number of piperazine rings is 1. The number of nitrogens with zero attached hydrogens (tertiary/aromatic N) is 2. The fourth-order valence-corrected chi connectivity index (χ4v) is 3.09. The number of aliphatic hydroxyl groups is 1. The highest BCUT2D eigenvalue weighted by Gasteiger charge is 2.22. The number of carbonyl (C=O) groups is 1. The van der Waals surface area contributed by atoms with Crippen LogP contribution in [0.5, 0.6) is 0 Å². The Morgan fingerprint density at radius 3 is 2.58 bits per heavy atom. The van der Waals surface area contributed by atoms with Crippen molar-refractivity contribution in [1.29, 1.82) is 0 Å². The van der Waals surface area contributed by atoms with Gasteiger partial charge in [-0.2, -0.15) is 0 Å². The molecule has 0 bridgehead atoms. The number of benzene rings is 2. The van der Waals surface area contributed by atoms with E-state index in [0.717, 1.165) is 36.0 Å². The summed E-state index contributed by atoms with van der Waals surface area (Å²) in [5.41, 5.74) is 0.849. The van der Waals surface area contributed by atoms with E-state index in [1.165, 1.54) is 0 Å². The van der Waals surface area contributed by atoms with Crippen LogP contribution in [-0.4, -0.2) is 59.8 Å².